The molecule has 5 nitrogen and oxygen atoms in total. The van der Waals surface area contributed by atoms with Gasteiger partial charge in [-0.1, -0.05) is 6.07 Å². The second-order valence-electron chi connectivity index (χ2n) is 4.81. The molecule has 1 aromatic carbocycles. The molecule has 1 N–H and O–H groups in total. The number of ether oxygens (including phenoxy) is 1. The highest BCUT2D eigenvalue weighted by Crippen LogP contribution is 2.20. The van der Waals surface area contributed by atoms with E-state index in [9.17, 15) is 14.0 Å². The van der Waals surface area contributed by atoms with Crippen LogP contribution in [0.15, 0.2) is 18.2 Å². The van der Waals surface area contributed by atoms with E-state index < -0.39 is 23.7 Å². The molecule has 1 saturated heterocycles. The molecule has 0 aromatic heterocycles. The van der Waals surface area contributed by atoms with Crippen LogP contribution in [0.5, 0.6) is 5.75 Å². The molecule has 6 heteroatoms. The molecule has 1 aliphatic heterocycles. The molecule has 20 heavy (non-hydrogen) atoms. The maximum Gasteiger partial charge on any atom is 0.326 e. The molecule has 1 aliphatic rings. The third-order valence-electron chi connectivity index (χ3n) is 3.30. The predicted octanol–water partition coefficient (Wildman–Crippen LogP) is 1.59. The normalized spacial score (nSPS) is 18.1. The van der Waals surface area contributed by atoms with Crippen molar-refractivity contribution in [3.8, 4) is 5.75 Å². The van der Waals surface area contributed by atoms with Crippen molar-refractivity contribution >= 4 is 11.9 Å². The molecule has 108 valence electrons. The fourth-order valence-electron chi connectivity index (χ4n) is 2.27. The molecule has 0 radical (unpaired) electrons. The minimum absolute atomic E-state index is 0.00409. The number of carbonyl (C=O) groups excluding carboxylic acids is 1. The summed E-state index contributed by atoms with van der Waals surface area (Å²) in [6.45, 7) is 1.83. The van der Waals surface area contributed by atoms with E-state index in [-0.39, 0.29) is 12.4 Å². The Hall–Kier alpha value is -2.11. The highest BCUT2D eigenvalue weighted by atomic mass is 19.1. The van der Waals surface area contributed by atoms with E-state index in [4.69, 9.17) is 9.84 Å². The standard InChI is InChI=1S/C14H16FNO4/c1-9-4-5-10(15)12(7-9)20-8-13(17)16-6-2-3-11(16)14(18)19/h4-5,7,11H,2-3,6,8H2,1H3,(H,18,19). The molecule has 1 atom stereocenters. The zero-order valence-electron chi connectivity index (χ0n) is 11.1. The number of carboxylic acid groups (broad SMARTS) is 1. The zero-order valence-corrected chi connectivity index (χ0v) is 11.1. The third-order valence-corrected chi connectivity index (χ3v) is 3.30. The van der Waals surface area contributed by atoms with Gasteiger partial charge in [0.05, 0.1) is 0 Å². The predicted molar refractivity (Wildman–Crippen MR) is 69.0 cm³/mol. The highest BCUT2D eigenvalue weighted by molar-refractivity contribution is 5.85. The lowest BCUT2D eigenvalue weighted by atomic mass is 10.2. The number of hydrogen-bond acceptors (Lipinski definition) is 3. The highest BCUT2D eigenvalue weighted by Gasteiger charge is 2.34. The molecule has 1 amide bonds. The van der Waals surface area contributed by atoms with Crippen LogP contribution >= 0.6 is 0 Å². The number of carbonyl (C=O) groups is 2. The van der Waals surface area contributed by atoms with E-state index >= 15 is 0 Å². The quantitative estimate of drug-likeness (QED) is 0.910. The topological polar surface area (TPSA) is 66.8 Å². The summed E-state index contributed by atoms with van der Waals surface area (Å²) in [6, 6.07) is 3.57. The first-order valence-electron chi connectivity index (χ1n) is 6.40. The Kier molecular flexibility index (Phi) is 4.22. The van der Waals surface area contributed by atoms with Gasteiger partial charge in [0.25, 0.3) is 5.91 Å². The molecule has 1 fully saturated rings. The minimum atomic E-state index is -1.02. The van der Waals surface area contributed by atoms with Crippen LogP contribution in [0.3, 0.4) is 0 Å². The second kappa shape index (κ2) is 5.90. The summed E-state index contributed by atoms with van der Waals surface area (Å²) in [6.07, 6.45) is 1.10. The smallest absolute Gasteiger partial charge is 0.326 e. The van der Waals surface area contributed by atoms with Crippen LogP contribution in [0.1, 0.15) is 18.4 Å². The summed E-state index contributed by atoms with van der Waals surface area (Å²) >= 11 is 0. The van der Waals surface area contributed by atoms with E-state index in [2.05, 4.69) is 0 Å². The van der Waals surface area contributed by atoms with Gasteiger partial charge in [0, 0.05) is 6.54 Å². The van der Waals surface area contributed by atoms with Crippen LogP contribution in [0.2, 0.25) is 0 Å². The Morgan fingerprint density at radius 2 is 2.25 bits per heavy atom. The number of rotatable bonds is 4. The number of aliphatic carboxylic acids is 1. The molecular weight excluding hydrogens is 265 g/mol. The Labute approximate surface area is 116 Å². The summed E-state index contributed by atoms with van der Waals surface area (Å²) in [5.41, 5.74) is 0.818. The lowest BCUT2D eigenvalue weighted by molar-refractivity contribution is -0.149. The first-order valence-corrected chi connectivity index (χ1v) is 6.40. The van der Waals surface area contributed by atoms with Gasteiger partial charge in [0.1, 0.15) is 6.04 Å². The van der Waals surface area contributed by atoms with E-state index in [1.54, 1.807) is 13.0 Å². The second-order valence-corrected chi connectivity index (χ2v) is 4.81. The van der Waals surface area contributed by atoms with E-state index in [0.29, 0.717) is 19.4 Å². The summed E-state index contributed by atoms with van der Waals surface area (Å²) in [4.78, 5) is 24.2. The van der Waals surface area contributed by atoms with Crippen LogP contribution in [0.4, 0.5) is 4.39 Å². The summed E-state index contributed by atoms with van der Waals surface area (Å²) in [5, 5.41) is 9.00. The molecule has 0 spiro atoms. The number of likely N-dealkylation sites (tertiary alicyclic amines) is 1. The SMILES string of the molecule is Cc1ccc(F)c(OCC(=O)N2CCCC2C(=O)O)c1. The first-order chi connectivity index (χ1) is 9.49. The van der Waals surface area contributed by atoms with Crippen LogP contribution in [-0.2, 0) is 9.59 Å². The van der Waals surface area contributed by atoms with Gasteiger partial charge in [-0.15, -0.1) is 0 Å². The average molecular weight is 281 g/mol. The molecule has 1 heterocycles. The van der Waals surface area contributed by atoms with Crippen molar-refractivity contribution in [1.29, 1.82) is 0 Å². The van der Waals surface area contributed by atoms with Crippen molar-refractivity contribution in [1.82, 2.24) is 4.90 Å². The fourth-order valence-corrected chi connectivity index (χ4v) is 2.27. The van der Waals surface area contributed by atoms with Crippen molar-refractivity contribution in [3.63, 3.8) is 0 Å². The first kappa shape index (κ1) is 14.3. The average Bonchev–Trinajstić information content (AvgIpc) is 2.89. The van der Waals surface area contributed by atoms with Crippen molar-refractivity contribution in [2.24, 2.45) is 0 Å². The third kappa shape index (κ3) is 3.07. The van der Waals surface area contributed by atoms with Gasteiger partial charge in [-0.05, 0) is 37.5 Å². The van der Waals surface area contributed by atoms with Crippen LogP contribution < -0.4 is 4.74 Å². The number of hydrogen-bond donors (Lipinski definition) is 1. The number of carboxylic acids is 1. The Morgan fingerprint density at radius 1 is 1.50 bits per heavy atom. The molecule has 1 aromatic rings. The van der Waals surface area contributed by atoms with Gasteiger partial charge in [0.15, 0.2) is 18.2 Å². The Morgan fingerprint density at radius 3 is 2.95 bits per heavy atom. The number of halogens is 1. The Bertz CT molecular complexity index is 532. The fraction of sp³-hybridized carbons (Fsp3) is 0.429. The molecule has 0 bridgehead atoms. The molecule has 2 rings (SSSR count). The van der Waals surface area contributed by atoms with Gasteiger partial charge in [-0.25, -0.2) is 9.18 Å². The maximum atomic E-state index is 13.5. The summed E-state index contributed by atoms with van der Waals surface area (Å²) in [5.74, 6) is -1.99. The van der Waals surface area contributed by atoms with Crippen LogP contribution in [0.25, 0.3) is 0 Å². The van der Waals surface area contributed by atoms with E-state index in [1.165, 1.54) is 17.0 Å². The van der Waals surface area contributed by atoms with Gasteiger partial charge in [-0.3, -0.25) is 4.79 Å². The zero-order chi connectivity index (χ0) is 14.7. The molecule has 1 unspecified atom stereocenters. The number of aryl methyl sites for hydroxylation is 1. The van der Waals surface area contributed by atoms with Crippen molar-refractivity contribution < 1.29 is 23.8 Å². The van der Waals surface area contributed by atoms with Gasteiger partial charge in [0.2, 0.25) is 0 Å². The number of nitrogens with zero attached hydrogens (tertiary/aromatic N) is 1. The molecular formula is C14H16FNO4. The Balaban J connectivity index is 1.98. The van der Waals surface area contributed by atoms with Crippen LogP contribution in [-0.4, -0.2) is 41.1 Å². The van der Waals surface area contributed by atoms with Crippen molar-refractivity contribution in [2.75, 3.05) is 13.2 Å². The minimum Gasteiger partial charge on any atom is -0.481 e. The molecule has 0 saturated carbocycles. The van der Waals surface area contributed by atoms with Gasteiger partial charge in [-0.2, -0.15) is 0 Å². The van der Waals surface area contributed by atoms with Gasteiger partial charge >= 0.3 is 5.97 Å². The van der Waals surface area contributed by atoms with Gasteiger partial charge < -0.3 is 14.7 Å². The van der Waals surface area contributed by atoms with E-state index in [0.717, 1.165) is 5.56 Å². The number of amides is 1. The summed E-state index contributed by atoms with van der Waals surface area (Å²) < 4.78 is 18.6. The lowest BCUT2D eigenvalue weighted by Gasteiger charge is -2.21. The lowest BCUT2D eigenvalue weighted by Crippen LogP contribution is -2.42. The molecule has 0 aliphatic carbocycles. The van der Waals surface area contributed by atoms with Crippen molar-refractivity contribution in [2.45, 2.75) is 25.8 Å². The summed E-state index contributed by atoms with van der Waals surface area (Å²) in [7, 11) is 0. The van der Waals surface area contributed by atoms with E-state index in [1.807, 2.05) is 0 Å². The largest absolute Gasteiger partial charge is 0.481 e. The number of benzene rings is 1. The van der Waals surface area contributed by atoms with Crippen LogP contribution in [0, 0.1) is 12.7 Å². The monoisotopic (exact) mass is 281 g/mol. The van der Waals surface area contributed by atoms with Crippen molar-refractivity contribution in [3.05, 3.63) is 29.6 Å². The maximum absolute atomic E-state index is 13.5.